The third-order valence-corrected chi connectivity index (χ3v) is 3.29. The maximum Gasteiger partial charge on any atom is 0.356 e. The van der Waals surface area contributed by atoms with Crippen LogP contribution in [-0.4, -0.2) is 28.0 Å². The molecule has 0 fully saturated rings. The highest BCUT2D eigenvalue weighted by atomic mass is 19.3. The molecule has 1 N–H and O–H groups in total. The molecule has 1 aromatic heterocycles. The summed E-state index contributed by atoms with van der Waals surface area (Å²) < 4.78 is 34.1. The topological polar surface area (TPSA) is 64.3 Å². The molecule has 22 heavy (non-hydrogen) atoms. The number of hydrogen-bond acceptors (Lipinski definition) is 3. The molecular formula is C15H16F2N2O3. The van der Waals surface area contributed by atoms with Crippen molar-refractivity contribution in [1.29, 1.82) is 0 Å². The van der Waals surface area contributed by atoms with E-state index in [9.17, 15) is 13.6 Å². The van der Waals surface area contributed by atoms with E-state index in [2.05, 4.69) is 5.10 Å². The zero-order valence-corrected chi connectivity index (χ0v) is 12.6. The van der Waals surface area contributed by atoms with Crippen LogP contribution in [-0.2, 0) is 13.0 Å². The first kappa shape index (κ1) is 15.9. The number of carbonyl (C=O) groups is 1. The lowest BCUT2D eigenvalue weighted by Gasteiger charge is -2.19. The third-order valence-electron chi connectivity index (χ3n) is 3.29. The maximum atomic E-state index is 13.8. The number of aromatic carboxylic acids is 1. The fraction of sp³-hybridized carbons (Fsp3) is 0.333. The number of nitrogens with zero attached hydrogens (tertiary/aromatic N) is 2. The van der Waals surface area contributed by atoms with E-state index in [1.165, 1.54) is 23.9 Å². The Bertz CT molecular complexity index is 733. The van der Waals surface area contributed by atoms with Crippen LogP contribution in [0.15, 0.2) is 18.2 Å². The van der Waals surface area contributed by atoms with Gasteiger partial charge in [0.05, 0.1) is 18.4 Å². The minimum Gasteiger partial charge on any atom is -0.496 e. The molecule has 0 atom stereocenters. The number of methoxy groups -OCH3 is 1. The van der Waals surface area contributed by atoms with Crippen LogP contribution in [0.5, 0.6) is 5.75 Å². The minimum atomic E-state index is -3.08. The molecule has 0 spiro atoms. The van der Waals surface area contributed by atoms with Crippen molar-refractivity contribution in [2.24, 2.45) is 7.05 Å². The van der Waals surface area contributed by atoms with Crippen LogP contribution in [0.4, 0.5) is 8.78 Å². The number of ether oxygens (including phenoxy) is 1. The Kier molecular flexibility index (Phi) is 3.91. The van der Waals surface area contributed by atoms with Crippen LogP contribution >= 0.6 is 0 Å². The van der Waals surface area contributed by atoms with Gasteiger partial charge in [-0.1, -0.05) is 0 Å². The van der Waals surface area contributed by atoms with Gasteiger partial charge >= 0.3 is 5.97 Å². The Labute approximate surface area is 126 Å². The summed E-state index contributed by atoms with van der Waals surface area (Å²) >= 11 is 0. The normalized spacial score (nSPS) is 11.5. The van der Waals surface area contributed by atoms with Crippen LogP contribution in [0.2, 0.25) is 0 Å². The van der Waals surface area contributed by atoms with Gasteiger partial charge < -0.3 is 9.84 Å². The zero-order valence-electron chi connectivity index (χ0n) is 12.6. The Morgan fingerprint density at radius 2 is 2.00 bits per heavy atom. The lowest BCUT2D eigenvalue weighted by atomic mass is 9.98. The largest absolute Gasteiger partial charge is 0.496 e. The van der Waals surface area contributed by atoms with Crippen molar-refractivity contribution >= 4 is 5.97 Å². The van der Waals surface area contributed by atoms with Gasteiger partial charge in [0, 0.05) is 19.5 Å². The molecule has 0 saturated heterocycles. The molecule has 0 radical (unpaired) electrons. The van der Waals surface area contributed by atoms with Crippen molar-refractivity contribution in [1.82, 2.24) is 9.78 Å². The molecular weight excluding hydrogens is 294 g/mol. The average Bonchev–Trinajstić information content (AvgIpc) is 2.79. The van der Waals surface area contributed by atoms with Crippen molar-refractivity contribution in [3.8, 4) is 17.0 Å². The number of carboxylic acids is 1. The quantitative estimate of drug-likeness (QED) is 0.942. The fourth-order valence-corrected chi connectivity index (χ4v) is 2.33. The Morgan fingerprint density at radius 3 is 2.45 bits per heavy atom. The van der Waals surface area contributed by atoms with Gasteiger partial charge in [0.2, 0.25) is 0 Å². The lowest BCUT2D eigenvalue weighted by Crippen LogP contribution is -2.11. The van der Waals surface area contributed by atoms with Gasteiger partial charge in [-0.25, -0.2) is 13.6 Å². The summed E-state index contributed by atoms with van der Waals surface area (Å²) in [6, 6.07) is 4.35. The van der Waals surface area contributed by atoms with E-state index in [1.54, 1.807) is 20.0 Å². The van der Waals surface area contributed by atoms with Crippen LogP contribution in [0.1, 0.15) is 28.5 Å². The van der Waals surface area contributed by atoms with Crippen LogP contribution in [0.3, 0.4) is 0 Å². The summed E-state index contributed by atoms with van der Waals surface area (Å²) in [4.78, 5) is 11.0. The fourth-order valence-electron chi connectivity index (χ4n) is 2.33. The van der Waals surface area contributed by atoms with Crippen LogP contribution in [0.25, 0.3) is 11.3 Å². The molecule has 1 heterocycles. The van der Waals surface area contributed by atoms with Gasteiger partial charge in [-0.15, -0.1) is 0 Å². The van der Waals surface area contributed by atoms with Crippen LogP contribution < -0.4 is 4.74 Å². The second-order valence-corrected chi connectivity index (χ2v) is 5.13. The molecule has 2 aromatic rings. The maximum absolute atomic E-state index is 13.8. The monoisotopic (exact) mass is 310 g/mol. The molecule has 1 aromatic carbocycles. The summed E-state index contributed by atoms with van der Waals surface area (Å²) in [5.74, 6) is -4.26. The minimum absolute atomic E-state index is 0.0121. The number of carboxylic acid groups (broad SMARTS) is 1. The van der Waals surface area contributed by atoms with Crippen molar-refractivity contribution < 1.29 is 23.4 Å². The molecule has 7 heteroatoms. The molecule has 5 nitrogen and oxygen atoms in total. The number of alkyl halides is 2. The van der Waals surface area contributed by atoms with Gasteiger partial charge in [0.15, 0.2) is 5.69 Å². The number of rotatable bonds is 4. The standard InChI is InChI=1S/C15H16F2N2O3/c1-8-5-9(12-7-11(14(20)21)18-19(12)3)13(22-4)10(6-8)15(2,16)17/h5-7H,1-4H3,(H,20,21). The van der Waals surface area contributed by atoms with Gasteiger partial charge in [-0.2, -0.15) is 5.10 Å². The molecule has 2 rings (SSSR count). The van der Waals surface area contributed by atoms with E-state index in [1.807, 2.05) is 0 Å². The predicted molar refractivity (Wildman–Crippen MR) is 76.5 cm³/mol. The smallest absolute Gasteiger partial charge is 0.356 e. The Morgan fingerprint density at radius 1 is 1.36 bits per heavy atom. The SMILES string of the molecule is COc1c(-c2cc(C(=O)O)nn2C)cc(C)cc1C(C)(F)F. The van der Waals surface area contributed by atoms with E-state index in [0.717, 1.165) is 6.92 Å². The summed E-state index contributed by atoms with van der Waals surface area (Å²) in [5, 5.41) is 12.9. The Balaban J connectivity index is 2.75. The summed E-state index contributed by atoms with van der Waals surface area (Å²) in [7, 11) is 2.85. The molecule has 0 aliphatic carbocycles. The van der Waals surface area contributed by atoms with Gasteiger partial charge in [0.25, 0.3) is 5.92 Å². The number of benzene rings is 1. The molecule has 0 saturated carbocycles. The number of aromatic nitrogens is 2. The molecule has 0 aliphatic rings. The highest BCUT2D eigenvalue weighted by molar-refractivity contribution is 5.87. The number of halogens is 2. The summed E-state index contributed by atoms with van der Waals surface area (Å²) in [6.07, 6.45) is 0. The predicted octanol–water partition coefficient (Wildman–Crippen LogP) is 3.21. The molecule has 118 valence electrons. The van der Waals surface area contributed by atoms with Crippen molar-refractivity contribution in [2.75, 3.05) is 7.11 Å². The van der Waals surface area contributed by atoms with E-state index >= 15 is 0 Å². The van der Waals surface area contributed by atoms with E-state index in [-0.39, 0.29) is 17.0 Å². The van der Waals surface area contributed by atoms with Crippen molar-refractivity contribution in [3.63, 3.8) is 0 Å². The Hall–Kier alpha value is -2.44. The van der Waals surface area contributed by atoms with Gasteiger partial charge in [-0.3, -0.25) is 4.68 Å². The van der Waals surface area contributed by atoms with E-state index in [4.69, 9.17) is 9.84 Å². The van der Waals surface area contributed by atoms with Gasteiger partial charge in [-0.05, 0) is 30.7 Å². The van der Waals surface area contributed by atoms with Crippen LogP contribution in [0, 0.1) is 6.92 Å². The summed E-state index contributed by atoms with van der Waals surface area (Å²) in [5.41, 5.74) is 0.976. The van der Waals surface area contributed by atoms with E-state index in [0.29, 0.717) is 16.8 Å². The first-order chi connectivity index (χ1) is 10.1. The average molecular weight is 310 g/mol. The third kappa shape index (κ3) is 2.79. The first-order valence-corrected chi connectivity index (χ1v) is 6.49. The van der Waals surface area contributed by atoms with Crippen molar-refractivity contribution in [2.45, 2.75) is 19.8 Å². The lowest BCUT2D eigenvalue weighted by molar-refractivity contribution is 0.0151. The number of hydrogen-bond donors (Lipinski definition) is 1. The highest BCUT2D eigenvalue weighted by Gasteiger charge is 2.31. The van der Waals surface area contributed by atoms with E-state index < -0.39 is 11.9 Å². The molecule has 0 bridgehead atoms. The zero-order chi connectivity index (χ0) is 16.7. The van der Waals surface area contributed by atoms with Gasteiger partial charge in [0.1, 0.15) is 5.75 Å². The first-order valence-electron chi connectivity index (χ1n) is 6.49. The second kappa shape index (κ2) is 5.40. The number of aryl methyl sites for hydroxylation is 2. The molecule has 0 amide bonds. The summed E-state index contributed by atoms with van der Waals surface area (Å²) in [6.45, 7) is 2.48. The molecule has 0 aliphatic heterocycles. The molecule has 0 unspecified atom stereocenters. The van der Waals surface area contributed by atoms with Crippen molar-refractivity contribution in [3.05, 3.63) is 35.0 Å². The second-order valence-electron chi connectivity index (χ2n) is 5.13. The highest BCUT2D eigenvalue weighted by Crippen LogP contribution is 2.41.